The van der Waals surface area contributed by atoms with Crippen molar-refractivity contribution >= 4 is 0 Å². The molecule has 0 spiro atoms. The molecule has 0 aliphatic heterocycles. The Bertz CT molecular complexity index is 288. The first-order valence-corrected chi connectivity index (χ1v) is 4.89. The van der Waals surface area contributed by atoms with Gasteiger partial charge in [-0.05, 0) is 26.0 Å². The lowest BCUT2D eigenvalue weighted by atomic mass is 10.2. The maximum atomic E-state index is 5.56. The van der Waals surface area contributed by atoms with E-state index in [1.165, 1.54) is 5.56 Å². The highest BCUT2D eigenvalue weighted by molar-refractivity contribution is 5.26. The molecular formula is C12H18O3. The fraction of sp³-hybridized carbons (Fsp3) is 0.500. The van der Waals surface area contributed by atoms with Crippen LogP contribution in [0.2, 0.25) is 0 Å². The molecule has 3 heteroatoms. The number of benzene rings is 1. The normalized spacial score (nSPS) is 11.5. The minimum atomic E-state index is -0.690. The molecule has 3 nitrogen and oxygen atoms in total. The zero-order valence-electron chi connectivity index (χ0n) is 9.74. The van der Waals surface area contributed by atoms with Crippen LogP contribution in [-0.4, -0.2) is 26.6 Å². The van der Waals surface area contributed by atoms with Crippen LogP contribution in [0.1, 0.15) is 12.5 Å². The monoisotopic (exact) mass is 210 g/mol. The van der Waals surface area contributed by atoms with Gasteiger partial charge in [-0.3, -0.25) is 0 Å². The Morgan fingerprint density at radius 2 is 1.60 bits per heavy atom. The van der Waals surface area contributed by atoms with E-state index in [-0.39, 0.29) is 0 Å². The summed E-state index contributed by atoms with van der Waals surface area (Å²) in [6, 6.07) is 7.88. The molecule has 0 aliphatic carbocycles. The largest absolute Gasteiger partial charge is 0.488 e. The average Bonchev–Trinajstić information content (AvgIpc) is 2.28. The van der Waals surface area contributed by atoms with E-state index in [1.54, 1.807) is 14.2 Å². The van der Waals surface area contributed by atoms with Crippen molar-refractivity contribution in [3.8, 4) is 5.75 Å². The van der Waals surface area contributed by atoms with E-state index in [0.29, 0.717) is 6.61 Å². The van der Waals surface area contributed by atoms with Crippen molar-refractivity contribution in [1.29, 1.82) is 0 Å². The van der Waals surface area contributed by atoms with E-state index in [2.05, 4.69) is 0 Å². The first-order chi connectivity index (χ1) is 7.09. The van der Waals surface area contributed by atoms with Crippen LogP contribution in [0.25, 0.3) is 0 Å². The molecule has 1 aromatic rings. The Kier molecular flexibility index (Phi) is 4.12. The van der Waals surface area contributed by atoms with Gasteiger partial charge in [0.1, 0.15) is 12.4 Å². The van der Waals surface area contributed by atoms with Gasteiger partial charge >= 0.3 is 0 Å². The molecule has 0 unspecified atom stereocenters. The molecular weight excluding hydrogens is 192 g/mol. The summed E-state index contributed by atoms with van der Waals surface area (Å²) in [6.07, 6.45) is 0. The number of aryl methyl sites for hydroxylation is 1. The summed E-state index contributed by atoms with van der Waals surface area (Å²) in [5, 5.41) is 0. The van der Waals surface area contributed by atoms with Crippen molar-refractivity contribution < 1.29 is 14.2 Å². The third-order valence-electron chi connectivity index (χ3n) is 2.39. The molecule has 0 bridgehead atoms. The zero-order chi connectivity index (χ0) is 11.3. The summed E-state index contributed by atoms with van der Waals surface area (Å²) >= 11 is 0. The minimum Gasteiger partial charge on any atom is -0.488 e. The van der Waals surface area contributed by atoms with Crippen LogP contribution in [0.15, 0.2) is 24.3 Å². The molecule has 0 radical (unpaired) electrons. The van der Waals surface area contributed by atoms with Gasteiger partial charge in [-0.1, -0.05) is 17.7 Å². The van der Waals surface area contributed by atoms with Crippen LogP contribution in [0.3, 0.4) is 0 Å². The van der Waals surface area contributed by atoms with E-state index in [0.717, 1.165) is 5.75 Å². The predicted molar refractivity (Wildman–Crippen MR) is 59.1 cm³/mol. The van der Waals surface area contributed by atoms with Crippen LogP contribution in [-0.2, 0) is 9.47 Å². The summed E-state index contributed by atoms with van der Waals surface area (Å²) in [7, 11) is 3.20. The highest BCUT2D eigenvalue weighted by atomic mass is 16.7. The summed E-state index contributed by atoms with van der Waals surface area (Å²) in [4.78, 5) is 0. The SMILES string of the molecule is COC(C)(COc1ccc(C)cc1)OC. The molecule has 0 aliphatic rings. The Morgan fingerprint density at radius 3 is 2.07 bits per heavy atom. The molecule has 1 rings (SSSR count). The topological polar surface area (TPSA) is 27.7 Å². The van der Waals surface area contributed by atoms with Crippen LogP contribution in [0, 0.1) is 6.92 Å². The van der Waals surface area contributed by atoms with Crippen LogP contribution in [0.4, 0.5) is 0 Å². The maximum absolute atomic E-state index is 5.56. The molecule has 0 saturated carbocycles. The molecule has 84 valence electrons. The summed E-state index contributed by atoms with van der Waals surface area (Å²) in [5.74, 6) is 0.131. The van der Waals surface area contributed by atoms with Crippen molar-refractivity contribution in [2.24, 2.45) is 0 Å². The second kappa shape index (κ2) is 5.14. The minimum absolute atomic E-state index is 0.364. The summed E-state index contributed by atoms with van der Waals surface area (Å²) in [6.45, 7) is 4.24. The predicted octanol–water partition coefficient (Wildman–Crippen LogP) is 2.38. The Labute approximate surface area is 91.0 Å². The third kappa shape index (κ3) is 3.53. The smallest absolute Gasteiger partial charge is 0.199 e. The standard InChI is InChI=1S/C12H18O3/c1-10-5-7-11(8-6-10)15-9-12(2,13-3)14-4/h5-8H,9H2,1-4H3. The van der Waals surface area contributed by atoms with Crippen LogP contribution in [0.5, 0.6) is 5.75 Å². The van der Waals surface area contributed by atoms with Crippen molar-refractivity contribution in [2.45, 2.75) is 19.6 Å². The highest BCUT2D eigenvalue weighted by Crippen LogP contribution is 2.16. The first-order valence-electron chi connectivity index (χ1n) is 4.89. The number of ether oxygens (including phenoxy) is 3. The lowest BCUT2D eigenvalue weighted by molar-refractivity contribution is -0.209. The van der Waals surface area contributed by atoms with Crippen molar-refractivity contribution in [1.82, 2.24) is 0 Å². The van der Waals surface area contributed by atoms with E-state index in [9.17, 15) is 0 Å². The molecule has 0 N–H and O–H groups in total. The van der Waals surface area contributed by atoms with E-state index >= 15 is 0 Å². The fourth-order valence-corrected chi connectivity index (χ4v) is 1.05. The Hall–Kier alpha value is -1.06. The second-order valence-corrected chi connectivity index (χ2v) is 3.64. The zero-order valence-corrected chi connectivity index (χ0v) is 9.74. The van der Waals surface area contributed by atoms with E-state index < -0.39 is 5.79 Å². The lowest BCUT2D eigenvalue weighted by Crippen LogP contribution is -2.36. The molecule has 1 aromatic carbocycles. The van der Waals surface area contributed by atoms with Gasteiger partial charge in [0.15, 0.2) is 5.79 Å². The van der Waals surface area contributed by atoms with E-state index in [1.807, 2.05) is 38.1 Å². The summed E-state index contributed by atoms with van der Waals surface area (Å²) < 4.78 is 15.9. The maximum Gasteiger partial charge on any atom is 0.199 e. The molecule has 0 saturated heterocycles. The summed E-state index contributed by atoms with van der Waals surface area (Å²) in [5.41, 5.74) is 1.21. The van der Waals surface area contributed by atoms with Gasteiger partial charge in [-0.2, -0.15) is 0 Å². The number of hydrogen-bond donors (Lipinski definition) is 0. The van der Waals surface area contributed by atoms with Gasteiger partial charge in [0.25, 0.3) is 0 Å². The Balaban J connectivity index is 2.53. The van der Waals surface area contributed by atoms with Gasteiger partial charge in [-0.15, -0.1) is 0 Å². The van der Waals surface area contributed by atoms with Gasteiger partial charge in [-0.25, -0.2) is 0 Å². The average molecular weight is 210 g/mol. The molecule has 0 heterocycles. The van der Waals surface area contributed by atoms with Gasteiger partial charge in [0.2, 0.25) is 0 Å². The number of methoxy groups -OCH3 is 2. The van der Waals surface area contributed by atoms with E-state index in [4.69, 9.17) is 14.2 Å². The molecule has 15 heavy (non-hydrogen) atoms. The van der Waals surface area contributed by atoms with Gasteiger partial charge in [0.05, 0.1) is 0 Å². The highest BCUT2D eigenvalue weighted by Gasteiger charge is 2.23. The quantitative estimate of drug-likeness (QED) is 0.698. The lowest BCUT2D eigenvalue weighted by Gasteiger charge is -2.26. The van der Waals surface area contributed by atoms with Crippen LogP contribution >= 0.6 is 0 Å². The Morgan fingerprint density at radius 1 is 1.07 bits per heavy atom. The van der Waals surface area contributed by atoms with Crippen molar-refractivity contribution in [3.05, 3.63) is 29.8 Å². The number of rotatable bonds is 5. The first kappa shape index (κ1) is 12.0. The van der Waals surface area contributed by atoms with Crippen molar-refractivity contribution in [2.75, 3.05) is 20.8 Å². The molecule has 0 aromatic heterocycles. The van der Waals surface area contributed by atoms with Gasteiger partial charge < -0.3 is 14.2 Å². The molecule has 0 amide bonds. The second-order valence-electron chi connectivity index (χ2n) is 3.64. The van der Waals surface area contributed by atoms with Gasteiger partial charge in [0, 0.05) is 14.2 Å². The molecule has 0 fully saturated rings. The van der Waals surface area contributed by atoms with Crippen LogP contribution < -0.4 is 4.74 Å². The fourth-order valence-electron chi connectivity index (χ4n) is 1.05. The van der Waals surface area contributed by atoms with Crippen molar-refractivity contribution in [3.63, 3.8) is 0 Å². The third-order valence-corrected chi connectivity index (χ3v) is 2.39. The number of hydrogen-bond acceptors (Lipinski definition) is 3. The molecule has 0 atom stereocenters.